The van der Waals surface area contributed by atoms with Gasteiger partial charge in [0.05, 0.1) is 0 Å². The Balaban J connectivity index is 1.25. The molecule has 4 aromatic rings. The van der Waals surface area contributed by atoms with Crippen molar-refractivity contribution in [3.63, 3.8) is 0 Å². The van der Waals surface area contributed by atoms with E-state index in [1.807, 2.05) is 66.7 Å². The van der Waals surface area contributed by atoms with Crippen molar-refractivity contribution >= 4 is 34.8 Å². The summed E-state index contributed by atoms with van der Waals surface area (Å²) in [7, 11) is 0. The van der Waals surface area contributed by atoms with Crippen molar-refractivity contribution in [1.82, 2.24) is 4.98 Å². The van der Waals surface area contributed by atoms with E-state index in [-0.39, 0.29) is 0 Å². The average Bonchev–Trinajstić information content (AvgIpc) is 3.33. The summed E-state index contributed by atoms with van der Waals surface area (Å²) in [4.78, 5) is 8.78. The summed E-state index contributed by atoms with van der Waals surface area (Å²) in [5, 5.41) is 11.1. The van der Waals surface area contributed by atoms with Gasteiger partial charge in [-0.1, -0.05) is 41.4 Å². The highest BCUT2D eigenvalue weighted by Crippen LogP contribution is 2.31. The second kappa shape index (κ2) is 10.3. The Morgan fingerprint density at radius 2 is 1.60 bits per heavy atom. The van der Waals surface area contributed by atoms with Crippen LogP contribution in [0, 0.1) is 11.3 Å². The van der Waals surface area contributed by atoms with E-state index in [1.54, 1.807) is 0 Å². The van der Waals surface area contributed by atoms with Gasteiger partial charge in [-0.3, -0.25) is 0 Å². The lowest BCUT2D eigenvalue weighted by molar-refractivity contribution is 0.306. The van der Waals surface area contributed by atoms with Crippen LogP contribution >= 0.6 is 23.2 Å². The molecule has 0 bridgehead atoms. The fourth-order valence-corrected chi connectivity index (χ4v) is 4.31. The van der Waals surface area contributed by atoms with Crippen LogP contribution in [-0.2, 0) is 6.61 Å². The molecule has 0 spiro atoms. The van der Waals surface area contributed by atoms with Gasteiger partial charge >= 0.3 is 0 Å². The normalized spacial score (nSPS) is 13.5. The van der Waals surface area contributed by atoms with Gasteiger partial charge in [-0.2, -0.15) is 10.2 Å². The van der Waals surface area contributed by atoms with Crippen LogP contribution in [0.4, 0.5) is 11.6 Å². The van der Waals surface area contributed by atoms with Crippen molar-refractivity contribution in [2.75, 3.05) is 36.0 Å². The van der Waals surface area contributed by atoms with Crippen LogP contribution in [0.5, 0.6) is 5.75 Å². The molecule has 1 aliphatic heterocycles. The quantitative estimate of drug-likeness (QED) is 0.301. The lowest BCUT2D eigenvalue weighted by atomic mass is 10.2. The fourth-order valence-electron chi connectivity index (χ4n) is 4.00. The number of hydrogen-bond acceptors (Lipinski definition) is 6. The van der Waals surface area contributed by atoms with Gasteiger partial charge in [0, 0.05) is 47.5 Å². The number of ether oxygens (including phenoxy) is 1. The van der Waals surface area contributed by atoms with E-state index >= 15 is 0 Å². The van der Waals surface area contributed by atoms with Crippen molar-refractivity contribution in [2.24, 2.45) is 0 Å². The first-order valence-corrected chi connectivity index (χ1v) is 12.0. The Labute approximate surface area is 213 Å². The van der Waals surface area contributed by atoms with E-state index < -0.39 is 0 Å². The molecular weight excluding hydrogens is 483 g/mol. The highest BCUT2D eigenvalue weighted by Gasteiger charge is 2.25. The van der Waals surface area contributed by atoms with Gasteiger partial charge in [0.2, 0.25) is 17.5 Å². The van der Waals surface area contributed by atoms with Crippen LogP contribution in [-0.4, -0.2) is 31.2 Å². The Morgan fingerprint density at radius 1 is 0.886 bits per heavy atom. The summed E-state index contributed by atoms with van der Waals surface area (Å²) >= 11 is 12.1. The highest BCUT2D eigenvalue weighted by molar-refractivity contribution is 6.31. The third-order valence-electron chi connectivity index (χ3n) is 5.88. The van der Waals surface area contributed by atoms with E-state index in [0.29, 0.717) is 42.2 Å². The van der Waals surface area contributed by atoms with E-state index in [4.69, 9.17) is 32.4 Å². The van der Waals surface area contributed by atoms with Crippen LogP contribution in [0.2, 0.25) is 10.0 Å². The Morgan fingerprint density at radius 3 is 2.29 bits per heavy atom. The van der Waals surface area contributed by atoms with Gasteiger partial charge in [-0.25, -0.2) is 0 Å². The summed E-state index contributed by atoms with van der Waals surface area (Å²) < 4.78 is 11.9. The topological polar surface area (TPSA) is 65.5 Å². The van der Waals surface area contributed by atoms with Crippen LogP contribution in [0.15, 0.2) is 77.2 Å². The second-order valence-corrected chi connectivity index (χ2v) is 9.05. The van der Waals surface area contributed by atoms with Crippen molar-refractivity contribution in [2.45, 2.75) is 6.61 Å². The molecule has 0 saturated carbocycles. The smallest absolute Gasteiger partial charge is 0.235 e. The SMILES string of the molecule is N#Cc1nc(-c2ccc(OCc3ccc(Cl)cc3)cc2)oc1N1CCN(c2cccc(Cl)c2)CC1. The number of halogens is 2. The highest BCUT2D eigenvalue weighted by atomic mass is 35.5. The summed E-state index contributed by atoms with van der Waals surface area (Å²) in [6.07, 6.45) is 0. The predicted molar refractivity (Wildman–Crippen MR) is 138 cm³/mol. The Bertz CT molecular complexity index is 1340. The zero-order valence-electron chi connectivity index (χ0n) is 18.8. The molecule has 3 aromatic carbocycles. The van der Waals surface area contributed by atoms with Gasteiger partial charge in [-0.15, -0.1) is 0 Å². The Hall–Kier alpha value is -3.66. The maximum absolute atomic E-state index is 9.66. The lowest BCUT2D eigenvalue weighted by Gasteiger charge is -2.35. The molecule has 1 aromatic heterocycles. The largest absolute Gasteiger partial charge is 0.489 e. The predicted octanol–water partition coefficient (Wildman–Crippen LogP) is 6.43. The maximum Gasteiger partial charge on any atom is 0.235 e. The maximum atomic E-state index is 9.66. The van der Waals surface area contributed by atoms with Crippen LogP contribution in [0.25, 0.3) is 11.5 Å². The minimum Gasteiger partial charge on any atom is -0.489 e. The van der Waals surface area contributed by atoms with E-state index in [0.717, 1.165) is 40.7 Å². The molecule has 0 N–H and O–H groups in total. The number of oxazole rings is 1. The molecule has 2 heterocycles. The molecule has 0 aliphatic carbocycles. The summed E-state index contributed by atoms with van der Waals surface area (Å²) in [6, 6.07) is 25.1. The molecule has 5 rings (SSSR count). The number of anilines is 2. The summed E-state index contributed by atoms with van der Waals surface area (Å²) in [6.45, 7) is 3.46. The molecule has 0 unspecified atom stereocenters. The van der Waals surface area contributed by atoms with E-state index in [9.17, 15) is 5.26 Å². The molecular formula is C27H22Cl2N4O2. The first-order chi connectivity index (χ1) is 17.1. The number of piperazine rings is 1. The third-order valence-corrected chi connectivity index (χ3v) is 6.36. The zero-order valence-corrected chi connectivity index (χ0v) is 20.3. The lowest BCUT2D eigenvalue weighted by Crippen LogP contribution is -2.46. The van der Waals surface area contributed by atoms with Crippen LogP contribution in [0.3, 0.4) is 0 Å². The monoisotopic (exact) mass is 504 g/mol. The van der Waals surface area contributed by atoms with E-state index in [1.165, 1.54) is 0 Å². The first-order valence-electron chi connectivity index (χ1n) is 11.2. The van der Waals surface area contributed by atoms with Gasteiger partial charge in [0.15, 0.2) is 0 Å². The molecule has 1 fully saturated rings. The standard InChI is InChI=1S/C27H22Cl2N4O2/c28-21-8-4-19(5-9-21)18-34-24-10-6-20(7-11-24)26-31-25(17-30)27(35-26)33-14-12-32(13-15-33)23-3-1-2-22(29)16-23/h1-11,16H,12-15,18H2. The molecule has 176 valence electrons. The first kappa shape index (κ1) is 23.1. The van der Waals surface area contributed by atoms with Crippen molar-refractivity contribution in [3.8, 4) is 23.3 Å². The van der Waals surface area contributed by atoms with Crippen molar-refractivity contribution in [3.05, 3.63) is 94.1 Å². The molecule has 35 heavy (non-hydrogen) atoms. The number of benzene rings is 3. The van der Waals surface area contributed by atoms with Crippen molar-refractivity contribution in [1.29, 1.82) is 5.26 Å². The Kier molecular flexibility index (Phi) is 6.80. The van der Waals surface area contributed by atoms with E-state index in [2.05, 4.69) is 26.9 Å². The number of rotatable bonds is 6. The number of aromatic nitrogens is 1. The fraction of sp³-hybridized carbons (Fsp3) is 0.185. The molecule has 0 radical (unpaired) electrons. The average molecular weight is 505 g/mol. The molecule has 1 saturated heterocycles. The summed E-state index contributed by atoms with van der Waals surface area (Å²) in [5.41, 5.74) is 3.20. The van der Waals surface area contributed by atoms with Gasteiger partial charge < -0.3 is 19.0 Å². The third kappa shape index (κ3) is 5.37. The second-order valence-electron chi connectivity index (χ2n) is 8.18. The molecule has 0 amide bonds. The van der Waals surface area contributed by atoms with Crippen molar-refractivity contribution < 1.29 is 9.15 Å². The number of hydrogen-bond donors (Lipinski definition) is 0. The van der Waals surface area contributed by atoms with Crippen LogP contribution in [0.1, 0.15) is 11.3 Å². The van der Waals surface area contributed by atoms with Crippen LogP contribution < -0.4 is 14.5 Å². The molecule has 1 aliphatic rings. The zero-order chi connectivity index (χ0) is 24.2. The minimum absolute atomic E-state index is 0.291. The van der Waals surface area contributed by atoms with Gasteiger partial charge in [-0.05, 0) is 60.2 Å². The minimum atomic E-state index is 0.291. The molecule has 6 nitrogen and oxygen atoms in total. The number of nitriles is 1. The van der Waals surface area contributed by atoms with Gasteiger partial charge in [0.1, 0.15) is 18.4 Å². The number of nitrogens with zero attached hydrogens (tertiary/aromatic N) is 4. The molecule has 0 atom stereocenters. The summed E-state index contributed by atoms with van der Waals surface area (Å²) in [5.74, 6) is 1.66. The molecule has 8 heteroatoms. The van der Waals surface area contributed by atoms with Gasteiger partial charge in [0.25, 0.3) is 0 Å².